The summed E-state index contributed by atoms with van der Waals surface area (Å²) in [7, 11) is 0. The minimum atomic E-state index is -0.179. The first-order chi connectivity index (χ1) is 14.5. The van der Waals surface area contributed by atoms with Gasteiger partial charge in [0.15, 0.2) is 11.0 Å². The fourth-order valence-corrected chi connectivity index (χ4v) is 4.01. The van der Waals surface area contributed by atoms with Crippen LogP contribution in [0.15, 0.2) is 36.0 Å². The summed E-state index contributed by atoms with van der Waals surface area (Å²) < 4.78 is 7.70. The van der Waals surface area contributed by atoms with Crippen LogP contribution in [0.1, 0.15) is 23.3 Å². The van der Waals surface area contributed by atoms with Crippen molar-refractivity contribution in [2.24, 2.45) is 0 Å². The van der Waals surface area contributed by atoms with E-state index in [9.17, 15) is 4.79 Å². The molecular formula is C19H21ClN6O2S2. The number of ether oxygens (including phenoxy) is 1. The van der Waals surface area contributed by atoms with E-state index in [2.05, 4.69) is 32.3 Å². The van der Waals surface area contributed by atoms with Gasteiger partial charge in [-0.15, -0.1) is 27.0 Å². The van der Waals surface area contributed by atoms with Crippen LogP contribution in [0.2, 0.25) is 5.02 Å². The number of amides is 1. The Morgan fingerprint density at radius 2 is 2.20 bits per heavy atom. The van der Waals surface area contributed by atoms with Crippen LogP contribution in [-0.2, 0) is 24.4 Å². The molecule has 1 amide bonds. The minimum Gasteiger partial charge on any atom is -0.486 e. The molecule has 0 saturated heterocycles. The van der Waals surface area contributed by atoms with Crippen molar-refractivity contribution in [3.05, 3.63) is 52.3 Å². The van der Waals surface area contributed by atoms with Crippen molar-refractivity contribution in [2.75, 3.05) is 11.1 Å². The van der Waals surface area contributed by atoms with E-state index in [0.717, 1.165) is 17.0 Å². The zero-order valence-corrected chi connectivity index (χ0v) is 19.0. The molecule has 11 heteroatoms. The van der Waals surface area contributed by atoms with Gasteiger partial charge in [0, 0.05) is 11.6 Å². The van der Waals surface area contributed by atoms with Crippen LogP contribution < -0.4 is 10.1 Å². The number of aryl methyl sites for hydroxylation is 2. The summed E-state index contributed by atoms with van der Waals surface area (Å²) in [5, 5.41) is 21.8. The predicted octanol–water partition coefficient (Wildman–Crippen LogP) is 4.15. The van der Waals surface area contributed by atoms with Crippen molar-refractivity contribution in [3.63, 3.8) is 0 Å². The van der Waals surface area contributed by atoms with Gasteiger partial charge < -0.3 is 4.74 Å². The van der Waals surface area contributed by atoms with E-state index < -0.39 is 0 Å². The number of nitrogens with one attached hydrogen (secondary N) is 1. The molecule has 0 radical (unpaired) electrons. The van der Waals surface area contributed by atoms with Crippen LogP contribution in [0.5, 0.6) is 5.75 Å². The van der Waals surface area contributed by atoms with Gasteiger partial charge in [-0.25, -0.2) is 0 Å². The monoisotopic (exact) mass is 464 g/mol. The van der Waals surface area contributed by atoms with E-state index >= 15 is 0 Å². The van der Waals surface area contributed by atoms with E-state index in [-0.39, 0.29) is 18.3 Å². The fraction of sp³-hybridized carbons (Fsp3) is 0.316. The smallest absolute Gasteiger partial charge is 0.236 e. The number of halogens is 1. The lowest BCUT2D eigenvalue weighted by molar-refractivity contribution is -0.113. The maximum Gasteiger partial charge on any atom is 0.236 e. The second-order valence-corrected chi connectivity index (χ2v) is 8.60. The molecule has 0 fully saturated rings. The first-order valence-corrected chi connectivity index (χ1v) is 11.3. The number of carbonyl (C=O) groups excluding carboxylic acids is 1. The Morgan fingerprint density at radius 3 is 2.90 bits per heavy atom. The molecule has 0 aliphatic heterocycles. The number of benzene rings is 1. The van der Waals surface area contributed by atoms with Crippen molar-refractivity contribution in [1.82, 2.24) is 25.0 Å². The van der Waals surface area contributed by atoms with Crippen molar-refractivity contribution in [2.45, 2.75) is 38.6 Å². The lowest BCUT2D eigenvalue weighted by Gasteiger charge is -2.10. The Balaban J connectivity index is 1.60. The molecule has 30 heavy (non-hydrogen) atoms. The SMILES string of the molecule is C=CCn1c(COc2ccc(Cl)c(C)c2)nnc1SCC(=O)Nc1nnc(CC)s1. The summed E-state index contributed by atoms with van der Waals surface area (Å²) in [6, 6.07) is 5.47. The maximum atomic E-state index is 12.2. The van der Waals surface area contributed by atoms with Gasteiger partial charge in [0.05, 0.1) is 5.75 Å². The summed E-state index contributed by atoms with van der Waals surface area (Å²) >= 11 is 8.71. The topological polar surface area (TPSA) is 94.8 Å². The molecule has 1 N–H and O–H groups in total. The lowest BCUT2D eigenvalue weighted by Crippen LogP contribution is -2.15. The highest BCUT2D eigenvalue weighted by Gasteiger charge is 2.15. The highest BCUT2D eigenvalue weighted by molar-refractivity contribution is 7.99. The lowest BCUT2D eigenvalue weighted by atomic mass is 10.2. The molecule has 0 aliphatic rings. The Morgan fingerprint density at radius 1 is 1.37 bits per heavy atom. The fourth-order valence-electron chi connectivity index (χ4n) is 2.43. The summed E-state index contributed by atoms with van der Waals surface area (Å²) in [5.74, 6) is 1.33. The van der Waals surface area contributed by atoms with Crippen molar-refractivity contribution in [1.29, 1.82) is 0 Å². The number of aromatic nitrogens is 5. The van der Waals surface area contributed by atoms with Gasteiger partial charge >= 0.3 is 0 Å². The van der Waals surface area contributed by atoms with Crippen LogP contribution in [0.4, 0.5) is 5.13 Å². The third-order valence-corrected chi connectivity index (χ3v) is 6.32. The van der Waals surface area contributed by atoms with Gasteiger partial charge in [0.1, 0.15) is 17.4 Å². The number of hydrogen-bond acceptors (Lipinski definition) is 8. The summed E-state index contributed by atoms with van der Waals surface area (Å²) in [4.78, 5) is 12.2. The van der Waals surface area contributed by atoms with Crippen LogP contribution in [-0.4, -0.2) is 36.6 Å². The van der Waals surface area contributed by atoms with Gasteiger partial charge in [-0.3, -0.25) is 14.7 Å². The van der Waals surface area contributed by atoms with Crippen LogP contribution in [0.25, 0.3) is 0 Å². The molecule has 0 unspecified atom stereocenters. The Bertz CT molecular complexity index is 1040. The molecule has 158 valence electrons. The molecule has 2 aromatic heterocycles. The number of rotatable bonds is 10. The Hall–Kier alpha value is -2.43. The highest BCUT2D eigenvalue weighted by Crippen LogP contribution is 2.23. The third-order valence-electron chi connectivity index (χ3n) is 3.95. The predicted molar refractivity (Wildman–Crippen MR) is 119 cm³/mol. The average molecular weight is 465 g/mol. The molecule has 0 saturated carbocycles. The Kier molecular flexibility index (Phi) is 7.83. The van der Waals surface area contributed by atoms with E-state index in [1.807, 2.05) is 24.5 Å². The minimum absolute atomic E-state index is 0.174. The third kappa shape index (κ3) is 5.80. The summed E-state index contributed by atoms with van der Waals surface area (Å²) in [6.45, 7) is 8.43. The largest absolute Gasteiger partial charge is 0.486 e. The van der Waals surface area contributed by atoms with E-state index in [4.69, 9.17) is 16.3 Å². The van der Waals surface area contributed by atoms with Crippen LogP contribution in [0, 0.1) is 6.92 Å². The van der Waals surface area contributed by atoms with Crippen molar-refractivity contribution >= 4 is 45.7 Å². The summed E-state index contributed by atoms with van der Waals surface area (Å²) in [5.41, 5.74) is 0.936. The normalized spacial score (nSPS) is 10.8. The zero-order valence-electron chi connectivity index (χ0n) is 16.6. The number of nitrogens with zero attached hydrogens (tertiary/aromatic N) is 5. The van der Waals surface area contributed by atoms with Gasteiger partial charge in [0.25, 0.3) is 0 Å². The highest BCUT2D eigenvalue weighted by atomic mass is 35.5. The molecule has 0 spiro atoms. The molecular weight excluding hydrogens is 444 g/mol. The zero-order chi connectivity index (χ0) is 21.5. The van der Waals surface area contributed by atoms with Gasteiger partial charge in [-0.1, -0.05) is 47.7 Å². The molecule has 0 atom stereocenters. The first-order valence-electron chi connectivity index (χ1n) is 9.17. The number of allylic oxidation sites excluding steroid dienone is 1. The second-order valence-electron chi connectivity index (χ2n) is 6.19. The Labute approximate surface area is 187 Å². The quantitative estimate of drug-likeness (QED) is 0.355. The van der Waals surface area contributed by atoms with Gasteiger partial charge in [-0.05, 0) is 37.1 Å². The molecule has 1 aromatic carbocycles. The van der Waals surface area contributed by atoms with E-state index in [0.29, 0.717) is 33.4 Å². The molecule has 3 rings (SSSR count). The maximum absolute atomic E-state index is 12.2. The number of anilines is 1. The molecule has 0 aliphatic carbocycles. The van der Waals surface area contributed by atoms with Crippen LogP contribution in [0.3, 0.4) is 0 Å². The average Bonchev–Trinajstić information content (AvgIpc) is 3.34. The van der Waals surface area contributed by atoms with Gasteiger partial charge in [-0.2, -0.15) is 0 Å². The number of hydrogen-bond donors (Lipinski definition) is 1. The standard InChI is InChI=1S/C19H21ClN6O2S2/c1-4-8-26-15(10-28-13-6-7-14(20)12(3)9-13)22-25-19(26)29-11-16(27)21-18-24-23-17(5-2)30-18/h4,6-7,9H,1,5,8,10-11H2,2-3H3,(H,21,24,27). The molecule has 8 nitrogen and oxygen atoms in total. The molecule has 3 aromatic rings. The summed E-state index contributed by atoms with van der Waals surface area (Å²) in [6.07, 6.45) is 2.53. The molecule has 2 heterocycles. The van der Waals surface area contributed by atoms with Crippen molar-refractivity contribution < 1.29 is 9.53 Å². The van der Waals surface area contributed by atoms with Crippen LogP contribution >= 0.6 is 34.7 Å². The second kappa shape index (κ2) is 10.6. The van der Waals surface area contributed by atoms with Crippen molar-refractivity contribution in [3.8, 4) is 5.75 Å². The van der Waals surface area contributed by atoms with Gasteiger partial charge in [0.2, 0.25) is 11.0 Å². The molecule has 0 bridgehead atoms. The number of carbonyl (C=O) groups is 1. The van der Waals surface area contributed by atoms with E-state index in [1.54, 1.807) is 18.2 Å². The first kappa shape index (κ1) is 22.3. The van der Waals surface area contributed by atoms with E-state index in [1.165, 1.54) is 23.1 Å². The number of thioether (sulfide) groups is 1.